The number of unbranched alkanes of at least 4 members (excludes halogenated alkanes) is 5. The van der Waals surface area contributed by atoms with E-state index < -0.39 is 37.3 Å². The lowest BCUT2D eigenvalue weighted by atomic mass is 9.99. The average Bonchev–Trinajstić information content (AvgIpc) is 2.46. The molecule has 0 aromatic heterocycles. The van der Waals surface area contributed by atoms with Gasteiger partial charge < -0.3 is 29.9 Å². The minimum atomic E-state index is -1.37. The Morgan fingerprint density at radius 1 is 0.900 bits per heavy atom. The predicted octanol–water partition coefficient (Wildman–Crippen LogP) is 0.163. The number of rotatable bonds is 9. The lowest BCUT2D eigenvalue weighted by Crippen LogP contribution is -2.59. The molecule has 6 nitrogen and oxygen atoms in total. The van der Waals surface area contributed by atoms with Crippen LogP contribution in [0.5, 0.6) is 0 Å². The fourth-order valence-electron chi connectivity index (χ4n) is 2.29. The summed E-state index contributed by atoms with van der Waals surface area (Å²) in [6.45, 7) is 2.17. The lowest BCUT2D eigenvalue weighted by molar-refractivity contribution is -0.301. The molecule has 0 aliphatic carbocycles. The van der Waals surface area contributed by atoms with Crippen molar-refractivity contribution in [3.8, 4) is 0 Å². The van der Waals surface area contributed by atoms with Crippen LogP contribution in [0.25, 0.3) is 0 Å². The molecule has 0 amide bonds. The molecule has 1 fully saturated rings. The Morgan fingerprint density at radius 2 is 1.55 bits per heavy atom. The minimum Gasteiger partial charge on any atom is -0.394 e. The highest BCUT2D eigenvalue weighted by Gasteiger charge is 2.43. The highest BCUT2D eigenvalue weighted by Crippen LogP contribution is 2.22. The van der Waals surface area contributed by atoms with Crippen molar-refractivity contribution >= 4 is 0 Å². The zero-order valence-corrected chi connectivity index (χ0v) is 12.1. The summed E-state index contributed by atoms with van der Waals surface area (Å²) in [5.41, 5.74) is 0. The summed E-state index contributed by atoms with van der Waals surface area (Å²) in [5.74, 6) is 0. The Labute approximate surface area is 120 Å². The first-order valence-electron chi connectivity index (χ1n) is 7.54. The Balaban J connectivity index is 2.21. The Morgan fingerprint density at radius 3 is 2.20 bits per heavy atom. The molecule has 1 rings (SSSR count). The van der Waals surface area contributed by atoms with Gasteiger partial charge in [0.15, 0.2) is 6.29 Å². The van der Waals surface area contributed by atoms with Crippen LogP contribution in [-0.2, 0) is 9.47 Å². The highest BCUT2D eigenvalue weighted by atomic mass is 16.7. The van der Waals surface area contributed by atoms with Crippen molar-refractivity contribution in [2.75, 3.05) is 13.2 Å². The van der Waals surface area contributed by atoms with E-state index in [0.717, 1.165) is 19.3 Å². The van der Waals surface area contributed by atoms with Gasteiger partial charge in [-0.2, -0.15) is 0 Å². The summed E-state index contributed by atoms with van der Waals surface area (Å²) >= 11 is 0. The van der Waals surface area contributed by atoms with Crippen molar-refractivity contribution in [1.29, 1.82) is 0 Å². The van der Waals surface area contributed by atoms with E-state index in [4.69, 9.17) is 14.6 Å². The smallest absolute Gasteiger partial charge is 0.186 e. The molecule has 0 bridgehead atoms. The second-order valence-electron chi connectivity index (χ2n) is 5.34. The van der Waals surface area contributed by atoms with Crippen LogP contribution in [0.2, 0.25) is 0 Å². The zero-order valence-electron chi connectivity index (χ0n) is 12.1. The van der Waals surface area contributed by atoms with E-state index in [1.165, 1.54) is 19.3 Å². The molecule has 1 aliphatic rings. The van der Waals surface area contributed by atoms with Crippen LogP contribution in [0.15, 0.2) is 0 Å². The first kappa shape index (κ1) is 17.8. The molecular formula is C14H28O6. The van der Waals surface area contributed by atoms with Crippen LogP contribution in [0.3, 0.4) is 0 Å². The largest absolute Gasteiger partial charge is 0.394 e. The van der Waals surface area contributed by atoms with E-state index in [9.17, 15) is 15.3 Å². The average molecular weight is 292 g/mol. The monoisotopic (exact) mass is 292 g/mol. The van der Waals surface area contributed by atoms with E-state index in [1.807, 2.05) is 0 Å². The number of hydrogen-bond donors (Lipinski definition) is 4. The SMILES string of the molecule is CCCCCCCCO[C@@H]1O[C@@H](CO)[C@@H](O)[C@@H](O)[C@@H]1O. The number of aliphatic hydroxyl groups is 4. The highest BCUT2D eigenvalue weighted by molar-refractivity contribution is 4.88. The summed E-state index contributed by atoms with van der Waals surface area (Å²) in [4.78, 5) is 0. The zero-order chi connectivity index (χ0) is 15.0. The first-order chi connectivity index (χ1) is 9.61. The quantitative estimate of drug-likeness (QED) is 0.452. The molecule has 1 aliphatic heterocycles. The summed E-state index contributed by atoms with van der Waals surface area (Å²) in [7, 11) is 0. The molecule has 0 spiro atoms. The molecule has 20 heavy (non-hydrogen) atoms. The normalized spacial score (nSPS) is 34.4. The van der Waals surface area contributed by atoms with Gasteiger partial charge in [-0.3, -0.25) is 0 Å². The maximum absolute atomic E-state index is 9.75. The molecule has 120 valence electrons. The standard InChI is InChI=1S/C14H28O6/c1-2-3-4-5-6-7-8-19-14-13(18)12(17)11(16)10(9-15)20-14/h10-18H,2-9H2,1H3/t10-,11+,12+,13-,14+/m0/s1. The molecule has 1 heterocycles. The van der Waals surface area contributed by atoms with E-state index >= 15 is 0 Å². The molecule has 0 aromatic rings. The van der Waals surface area contributed by atoms with Crippen molar-refractivity contribution < 1.29 is 29.9 Å². The van der Waals surface area contributed by atoms with E-state index in [2.05, 4.69) is 6.92 Å². The topological polar surface area (TPSA) is 99.4 Å². The Bertz CT molecular complexity index is 248. The predicted molar refractivity (Wildman–Crippen MR) is 73.1 cm³/mol. The van der Waals surface area contributed by atoms with Gasteiger partial charge in [0, 0.05) is 6.61 Å². The van der Waals surface area contributed by atoms with Gasteiger partial charge in [0.05, 0.1) is 6.61 Å². The summed E-state index contributed by atoms with van der Waals surface area (Å²) in [6.07, 6.45) is 0.851. The third kappa shape index (κ3) is 5.27. The van der Waals surface area contributed by atoms with Crippen molar-refractivity contribution in [2.45, 2.75) is 76.2 Å². The maximum Gasteiger partial charge on any atom is 0.186 e. The molecule has 0 radical (unpaired) electrons. The maximum atomic E-state index is 9.75. The Hall–Kier alpha value is -0.240. The van der Waals surface area contributed by atoms with Crippen LogP contribution in [-0.4, -0.2) is 64.3 Å². The van der Waals surface area contributed by atoms with E-state index in [-0.39, 0.29) is 0 Å². The van der Waals surface area contributed by atoms with Gasteiger partial charge in [0.25, 0.3) is 0 Å². The number of ether oxygens (including phenoxy) is 2. The van der Waals surface area contributed by atoms with Crippen molar-refractivity contribution in [3.05, 3.63) is 0 Å². The second-order valence-corrected chi connectivity index (χ2v) is 5.34. The van der Waals surface area contributed by atoms with Gasteiger partial charge in [-0.05, 0) is 6.42 Å². The number of aliphatic hydroxyl groups excluding tert-OH is 4. The van der Waals surface area contributed by atoms with Crippen LogP contribution in [0.1, 0.15) is 45.4 Å². The van der Waals surface area contributed by atoms with E-state index in [1.54, 1.807) is 0 Å². The molecule has 0 saturated carbocycles. The van der Waals surface area contributed by atoms with Crippen molar-refractivity contribution in [3.63, 3.8) is 0 Å². The fraction of sp³-hybridized carbons (Fsp3) is 1.00. The lowest BCUT2D eigenvalue weighted by Gasteiger charge is -2.39. The molecule has 6 heteroatoms. The van der Waals surface area contributed by atoms with Crippen LogP contribution >= 0.6 is 0 Å². The molecule has 1 saturated heterocycles. The molecule has 0 aromatic carbocycles. The van der Waals surface area contributed by atoms with Gasteiger partial charge in [-0.1, -0.05) is 39.0 Å². The van der Waals surface area contributed by atoms with Crippen molar-refractivity contribution in [1.82, 2.24) is 0 Å². The molecule has 0 unspecified atom stereocenters. The van der Waals surface area contributed by atoms with Gasteiger partial charge in [0.1, 0.15) is 24.4 Å². The van der Waals surface area contributed by atoms with Gasteiger partial charge in [0.2, 0.25) is 0 Å². The van der Waals surface area contributed by atoms with Crippen LogP contribution < -0.4 is 0 Å². The fourth-order valence-corrected chi connectivity index (χ4v) is 2.29. The second kappa shape index (κ2) is 9.65. The van der Waals surface area contributed by atoms with Crippen LogP contribution in [0, 0.1) is 0 Å². The third-order valence-corrected chi connectivity index (χ3v) is 3.63. The molecular weight excluding hydrogens is 264 g/mol. The third-order valence-electron chi connectivity index (χ3n) is 3.63. The summed E-state index contributed by atoms with van der Waals surface area (Å²) in [5, 5.41) is 38.0. The molecule has 4 N–H and O–H groups in total. The Kier molecular flexibility index (Phi) is 8.60. The van der Waals surface area contributed by atoms with Gasteiger partial charge in [-0.25, -0.2) is 0 Å². The number of hydrogen-bond acceptors (Lipinski definition) is 6. The minimum absolute atomic E-state index is 0.425. The molecule has 5 atom stereocenters. The summed E-state index contributed by atoms with van der Waals surface area (Å²) < 4.78 is 10.6. The van der Waals surface area contributed by atoms with Crippen LogP contribution in [0.4, 0.5) is 0 Å². The first-order valence-corrected chi connectivity index (χ1v) is 7.54. The van der Waals surface area contributed by atoms with Gasteiger partial charge >= 0.3 is 0 Å². The van der Waals surface area contributed by atoms with E-state index in [0.29, 0.717) is 6.61 Å². The summed E-state index contributed by atoms with van der Waals surface area (Å²) in [6, 6.07) is 0. The van der Waals surface area contributed by atoms with Gasteiger partial charge in [-0.15, -0.1) is 0 Å². The van der Waals surface area contributed by atoms with Crippen molar-refractivity contribution in [2.24, 2.45) is 0 Å².